The lowest BCUT2D eigenvalue weighted by Crippen LogP contribution is -2.14. The summed E-state index contributed by atoms with van der Waals surface area (Å²) in [5.74, 6) is 0.135. The van der Waals surface area contributed by atoms with Crippen molar-refractivity contribution in [3.63, 3.8) is 0 Å². The number of hydrogen-bond acceptors (Lipinski definition) is 4. The minimum atomic E-state index is 0.135. The number of hydrogen-bond donors (Lipinski definition) is 3. The highest BCUT2D eigenvalue weighted by Crippen LogP contribution is 2.17. The number of oxime groups is 1. The van der Waals surface area contributed by atoms with Gasteiger partial charge in [0.1, 0.15) is 0 Å². The Bertz CT molecular complexity index is 575. The molecule has 5 heteroatoms. The largest absolute Gasteiger partial charge is 0.409 e. The van der Waals surface area contributed by atoms with Gasteiger partial charge < -0.3 is 16.3 Å². The quantitative estimate of drug-likeness (QED) is 0.331. The van der Waals surface area contributed by atoms with Gasteiger partial charge in [-0.2, -0.15) is 0 Å². The molecule has 1 aromatic heterocycles. The second kappa shape index (κ2) is 7.07. The summed E-state index contributed by atoms with van der Waals surface area (Å²) in [6.07, 6.45) is 1.08. The second-order valence-electron chi connectivity index (χ2n) is 4.51. The van der Waals surface area contributed by atoms with Gasteiger partial charge in [0.25, 0.3) is 0 Å². The highest BCUT2D eigenvalue weighted by molar-refractivity contribution is 7.10. The lowest BCUT2D eigenvalue weighted by molar-refractivity contribution is 0.318. The molecule has 0 unspecified atom stereocenters. The van der Waals surface area contributed by atoms with Gasteiger partial charge in [0.05, 0.1) is 0 Å². The molecule has 1 aromatic carbocycles. The Balaban J connectivity index is 1.88. The lowest BCUT2D eigenvalue weighted by atomic mass is 10.1. The molecule has 0 spiro atoms. The molecule has 4 N–H and O–H groups in total. The van der Waals surface area contributed by atoms with Crippen LogP contribution in [0.1, 0.15) is 28.5 Å². The fourth-order valence-corrected chi connectivity index (χ4v) is 2.95. The first kappa shape index (κ1) is 14.6. The van der Waals surface area contributed by atoms with Crippen molar-refractivity contribution < 1.29 is 5.21 Å². The van der Waals surface area contributed by atoms with E-state index < -0.39 is 0 Å². The van der Waals surface area contributed by atoms with Gasteiger partial charge in [-0.05, 0) is 29.0 Å². The Morgan fingerprint density at radius 1 is 1.25 bits per heavy atom. The topological polar surface area (TPSA) is 70.6 Å². The lowest BCUT2D eigenvalue weighted by Gasteiger charge is -2.06. The van der Waals surface area contributed by atoms with Gasteiger partial charge in [0.15, 0.2) is 5.84 Å². The number of thiophene rings is 1. The summed E-state index contributed by atoms with van der Waals surface area (Å²) in [5, 5.41) is 17.2. The molecule has 1 heterocycles. The Morgan fingerprint density at radius 2 is 2.00 bits per heavy atom. The smallest absolute Gasteiger partial charge is 0.170 e. The number of nitrogens with zero attached hydrogens (tertiary/aromatic N) is 1. The van der Waals surface area contributed by atoms with Crippen molar-refractivity contribution in [1.82, 2.24) is 5.32 Å². The van der Waals surface area contributed by atoms with Gasteiger partial charge in [-0.15, -0.1) is 11.3 Å². The average Bonchev–Trinajstić information content (AvgIpc) is 2.94. The maximum atomic E-state index is 8.61. The normalized spacial score (nSPS) is 11.8. The minimum absolute atomic E-state index is 0.135. The predicted octanol–water partition coefficient (Wildman–Crippen LogP) is 2.69. The molecule has 0 fully saturated rings. The van der Waals surface area contributed by atoms with E-state index in [1.54, 1.807) is 11.3 Å². The first-order valence-corrected chi connectivity index (χ1v) is 7.45. The summed E-state index contributed by atoms with van der Waals surface area (Å²) < 4.78 is 0. The zero-order valence-corrected chi connectivity index (χ0v) is 12.3. The zero-order chi connectivity index (χ0) is 14.4. The number of amidine groups is 1. The molecular weight excluding hydrogens is 270 g/mol. The third-order valence-corrected chi connectivity index (χ3v) is 4.15. The Morgan fingerprint density at radius 3 is 2.65 bits per heavy atom. The Hall–Kier alpha value is -1.85. The SMILES string of the molecule is CCc1ccsc1CNCc1ccc(/C(N)=N/O)cc1. The predicted molar refractivity (Wildman–Crippen MR) is 83.2 cm³/mol. The molecule has 0 amide bonds. The number of rotatable bonds is 6. The molecule has 0 bridgehead atoms. The molecule has 0 atom stereocenters. The van der Waals surface area contributed by atoms with Crippen molar-refractivity contribution in [2.75, 3.05) is 0 Å². The molecule has 2 aromatic rings. The van der Waals surface area contributed by atoms with Crippen LogP contribution >= 0.6 is 11.3 Å². The van der Waals surface area contributed by atoms with Crippen LogP contribution in [-0.2, 0) is 19.5 Å². The molecule has 0 radical (unpaired) electrons. The summed E-state index contributed by atoms with van der Waals surface area (Å²) in [5.41, 5.74) is 8.85. The van der Waals surface area contributed by atoms with Gasteiger partial charge in [0, 0.05) is 23.5 Å². The van der Waals surface area contributed by atoms with Crippen LogP contribution in [0.3, 0.4) is 0 Å². The third-order valence-electron chi connectivity index (χ3n) is 3.19. The van der Waals surface area contributed by atoms with Crippen LogP contribution < -0.4 is 11.1 Å². The van der Waals surface area contributed by atoms with E-state index in [9.17, 15) is 0 Å². The van der Waals surface area contributed by atoms with E-state index >= 15 is 0 Å². The van der Waals surface area contributed by atoms with E-state index in [1.165, 1.54) is 16.0 Å². The maximum absolute atomic E-state index is 8.61. The van der Waals surface area contributed by atoms with E-state index in [0.29, 0.717) is 0 Å². The Labute approximate surface area is 122 Å². The number of nitrogens with two attached hydrogens (primary N) is 1. The summed E-state index contributed by atoms with van der Waals surface area (Å²) in [6, 6.07) is 9.86. The molecule has 20 heavy (non-hydrogen) atoms. The standard InChI is InChI=1S/C15H19N3OS/c1-2-12-7-8-20-14(12)10-17-9-11-3-5-13(6-4-11)15(16)18-19/h3-8,17,19H,2,9-10H2,1H3,(H2,16,18). The molecule has 2 rings (SSSR count). The number of nitrogens with one attached hydrogen (secondary N) is 1. The zero-order valence-electron chi connectivity index (χ0n) is 11.5. The van der Waals surface area contributed by atoms with Gasteiger partial charge in [-0.25, -0.2) is 0 Å². The van der Waals surface area contributed by atoms with Crippen molar-refractivity contribution in [1.29, 1.82) is 0 Å². The highest BCUT2D eigenvalue weighted by Gasteiger charge is 2.02. The van der Waals surface area contributed by atoms with E-state index in [0.717, 1.165) is 25.1 Å². The first-order valence-electron chi connectivity index (χ1n) is 6.57. The highest BCUT2D eigenvalue weighted by atomic mass is 32.1. The summed E-state index contributed by atoms with van der Waals surface area (Å²) in [6.45, 7) is 3.87. The van der Waals surface area contributed by atoms with Crippen molar-refractivity contribution in [2.24, 2.45) is 10.9 Å². The summed E-state index contributed by atoms with van der Waals surface area (Å²) >= 11 is 1.80. The third kappa shape index (κ3) is 3.59. The first-order chi connectivity index (χ1) is 9.74. The number of aryl methyl sites for hydroxylation is 1. The molecule has 4 nitrogen and oxygen atoms in total. The average molecular weight is 289 g/mol. The van der Waals surface area contributed by atoms with E-state index in [4.69, 9.17) is 10.9 Å². The second-order valence-corrected chi connectivity index (χ2v) is 5.51. The fraction of sp³-hybridized carbons (Fsp3) is 0.267. The molecule has 0 saturated heterocycles. The molecular formula is C15H19N3OS. The summed E-state index contributed by atoms with van der Waals surface area (Å²) in [7, 11) is 0. The van der Waals surface area contributed by atoms with Crippen molar-refractivity contribution >= 4 is 17.2 Å². The summed E-state index contributed by atoms with van der Waals surface area (Å²) in [4.78, 5) is 1.40. The maximum Gasteiger partial charge on any atom is 0.170 e. The van der Waals surface area contributed by atoms with Gasteiger partial charge in [0.2, 0.25) is 0 Å². The van der Waals surface area contributed by atoms with Crippen molar-refractivity contribution in [3.05, 3.63) is 57.3 Å². The van der Waals surface area contributed by atoms with Crippen LogP contribution in [0, 0.1) is 0 Å². The number of benzene rings is 1. The minimum Gasteiger partial charge on any atom is -0.409 e. The molecule has 0 aliphatic rings. The van der Waals surface area contributed by atoms with Gasteiger partial charge in [-0.3, -0.25) is 0 Å². The van der Waals surface area contributed by atoms with Crippen LogP contribution in [0.4, 0.5) is 0 Å². The van der Waals surface area contributed by atoms with E-state index in [1.807, 2.05) is 24.3 Å². The molecule has 106 valence electrons. The Kier molecular flexibility index (Phi) is 5.15. The van der Waals surface area contributed by atoms with Gasteiger partial charge in [-0.1, -0.05) is 36.3 Å². The van der Waals surface area contributed by atoms with Crippen LogP contribution in [0.2, 0.25) is 0 Å². The molecule has 0 saturated carbocycles. The van der Waals surface area contributed by atoms with Crippen LogP contribution in [-0.4, -0.2) is 11.0 Å². The van der Waals surface area contributed by atoms with Crippen molar-refractivity contribution in [2.45, 2.75) is 26.4 Å². The fourth-order valence-electron chi connectivity index (χ4n) is 2.01. The van der Waals surface area contributed by atoms with E-state index in [-0.39, 0.29) is 5.84 Å². The van der Waals surface area contributed by atoms with E-state index in [2.05, 4.69) is 28.8 Å². The van der Waals surface area contributed by atoms with Crippen LogP contribution in [0.25, 0.3) is 0 Å². The molecule has 0 aliphatic heterocycles. The van der Waals surface area contributed by atoms with Crippen LogP contribution in [0.5, 0.6) is 0 Å². The monoisotopic (exact) mass is 289 g/mol. The van der Waals surface area contributed by atoms with Gasteiger partial charge >= 0.3 is 0 Å². The molecule has 0 aliphatic carbocycles. The van der Waals surface area contributed by atoms with Crippen molar-refractivity contribution in [3.8, 4) is 0 Å². The van der Waals surface area contributed by atoms with Crippen LogP contribution in [0.15, 0.2) is 40.9 Å².